The summed E-state index contributed by atoms with van der Waals surface area (Å²) in [5, 5.41) is 0.637. The van der Waals surface area contributed by atoms with E-state index < -0.39 is 0 Å². The molecule has 6 heteroatoms. The lowest BCUT2D eigenvalue weighted by molar-refractivity contribution is -0.142. The minimum atomic E-state index is -0.281. The van der Waals surface area contributed by atoms with Crippen LogP contribution < -0.4 is 0 Å². The molecule has 0 bridgehead atoms. The second kappa shape index (κ2) is 9.20. The molecule has 0 saturated carbocycles. The fourth-order valence-corrected chi connectivity index (χ4v) is 3.76. The highest BCUT2D eigenvalue weighted by Crippen LogP contribution is 2.22. The molecule has 1 saturated heterocycles. The molecule has 2 amide bonds. The summed E-state index contributed by atoms with van der Waals surface area (Å²) in [6.07, 6.45) is 1.49. The first kappa shape index (κ1) is 20.3. The molecule has 1 aliphatic rings. The second-order valence-corrected chi connectivity index (χ2v) is 7.65. The SMILES string of the molecule is CN(Cc1ccccc1Cl)C(=O)[C@@H]1CCC(=O)N(CCc2cccc(F)c2)C1. The Bertz CT molecular complexity index is 858. The van der Waals surface area contributed by atoms with Crippen LogP contribution in [0.1, 0.15) is 24.0 Å². The van der Waals surface area contributed by atoms with Crippen molar-refractivity contribution < 1.29 is 14.0 Å². The van der Waals surface area contributed by atoms with E-state index in [1.165, 1.54) is 12.1 Å². The van der Waals surface area contributed by atoms with Crippen LogP contribution in [0.5, 0.6) is 0 Å². The zero-order chi connectivity index (χ0) is 20.1. The van der Waals surface area contributed by atoms with E-state index in [-0.39, 0.29) is 23.5 Å². The predicted octanol–water partition coefficient (Wildman–Crippen LogP) is 3.92. The van der Waals surface area contributed by atoms with E-state index in [4.69, 9.17) is 11.6 Å². The molecule has 28 heavy (non-hydrogen) atoms. The molecule has 0 radical (unpaired) electrons. The van der Waals surface area contributed by atoms with Gasteiger partial charge < -0.3 is 9.80 Å². The van der Waals surface area contributed by atoms with Crippen molar-refractivity contribution in [2.24, 2.45) is 5.92 Å². The van der Waals surface area contributed by atoms with Gasteiger partial charge in [-0.3, -0.25) is 9.59 Å². The summed E-state index contributed by atoms with van der Waals surface area (Å²) in [6.45, 7) is 1.33. The maximum Gasteiger partial charge on any atom is 0.227 e. The maximum atomic E-state index is 13.3. The Hall–Kier alpha value is -2.40. The smallest absolute Gasteiger partial charge is 0.227 e. The molecular formula is C22H24ClFN2O2. The fraction of sp³-hybridized carbons (Fsp3) is 0.364. The second-order valence-electron chi connectivity index (χ2n) is 7.24. The van der Waals surface area contributed by atoms with Crippen molar-refractivity contribution in [1.82, 2.24) is 9.80 Å². The Morgan fingerprint density at radius 3 is 2.79 bits per heavy atom. The standard InChI is InChI=1S/C22H24ClFN2O2/c1-25(14-17-6-2-3-8-20(17)23)22(28)18-9-10-21(27)26(15-18)12-11-16-5-4-7-19(24)13-16/h2-8,13,18H,9-12,14-15H2,1H3/t18-/m1/s1. The van der Waals surface area contributed by atoms with Crippen molar-refractivity contribution in [3.8, 4) is 0 Å². The third-order valence-electron chi connectivity index (χ3n) is 5.15. The molecule has 1 fully saturated rings. The van der Waals surface area contributed by atoms with E-state index in [1.807, 2.05) is 30.3 Å². The van der Waals surface area contributed by atoms with Crippen molar-refractivity contribution in [2.75, 3.05) is 20.1 Å². The first-order chi connectivity index (χ1) is 13.4. The number of carbonyl (C=O) groups excluding carboxylic acids is 2. The number of nitrogens with zero attached hydrogens (tertiary/aromatic N) is 2. The van der Waals surface area contributed by atoms with Crippen molar-refractivity contribution in [3.63, 3.8) is 0 Å². The Kier molecular flexibility index (Phi) is 6.68. The number of halogens is 2. The molecule has 0 aliphatic carbocycles. The molecule has 2 aromatic carbocycles. The minimum Gasteiger partial charge on any atom is -0.342 e. The van der Waals surface area contributed by atoms with Crippen molar-refractivity contribution in [3.05, 3.63) is 70.5 Å². The molecule has 1 aliphatic heterocycles. The number of rotatable bonds is 6. The van der Waals surface area contributed by atoms with Crippen LogP contribution in [0.2, 0.25) is 5.02 Å². The molecule has 4 nitrogen and oxygen atoms in total. The van der Waals surface area contributed by atoms with Crippen molar-refractivity contribution in [2.45, 2.75) is 25.8 Å². The predicted molar refractivity (Wildman–Crippen MR) is 107 cm³/mol. The molecule has 148 valence electrons. The summed E-state index contributed by atoms with van der Waals surface area (Å²) in [5.41, 5.74) is 1.74. The third kappa shape index (κ3) is 5.10. The van der Waals surface area contributed by atoms with Crippen LogP contribution in [0.15, 0.2) is 48.5 Å². The molecule has 1 atom stereocenters. The van der Waals surface area contributed by atoms with Gasteiger partial charge in [0.2, 0.25) is 11.8 Å². The van der Waals surface area contributed by atoms with Crippen LogP contribution in [-0.4, -0.2) is 41.8 Å². The summed E-state index contributed by atoms with van der Waals surface area (Å²) in [6, 6.07) is 13.9. The lowest BCUT2D eigenvalue weighted by atomic mass is 9.95. The maximum absolute atomic E-state index is 13.3. The first-order valence-electron chi connectivity index (χ1n) is 9.44. The van der Waals surface area contributed by atoms with Gasteiger partial charge in [-0.15, -0.1) is 0 Å². The quantitative estimate of drug-likeness (QED) is 0.734. The minimum absolute atomic E-state index is 0.0168. The van der Waals surface area contributed by atoms with Crippen LogP contribution >= 0.6 is 11.6 Å². The van der Waals surface area contributed by atoms with Crippen molar-refractivity contribution >= 4 is 23.4 Å². The topological polar surface area (TPSA) is 40.6 Å². The van der Waals surface area contributed by atoms with E-state index in [2.05, 4.69) is 0 Å². The Morgan fingerprint density at radius 2 is 2.04 bits per heavy atom. The first-order valence-corrected chi connectivity index (χ1v) is 9.82. The number of hydrogen-bond acceptors (Lipinski definition) is 2. The van der Waals surface area contributed by atoms with Gasteiger partial charge in [-0.1, -0.05) is 41.9 Å². The molecule has 3 rings (SSSR count). The summed E-state index contributed by atoms with van der Waals surface area (Å²) in [4.78, 5) is 28.5. The van der Waals surface area contributed by atoms with Crippen LogP contribution in [0.25, 0.3) is 0 Å². The summed E-state index contributed by atoms with van der Waals surface area (Å²) >= 11 is 6.19. The summed E-state index contributed by atoms with van der Waals surface area (Å²) in [5.74, 6) is -0.438. The van der Waals surface area contributed by atoms with E-state index in [0.29, 0.717) is 43.9 Å². The zero-order valence-electron chi connectivity index (χ0n) is 15.9. The van der Waals surface area contributed by atoms with Crippen LogP contribution in [0.4, 0.5) is 4.39 Å². The van der Waals surface area contributed by atoms with Gasteiger partial charge in [-0.2, -0.15) is 0 Å². The fourth-order valence-electron chi connectivity index (χ4n) is 3.56. The van der Waals surface area contributed by atoms with Gasteiger partial charge >= 0.3 is 0 Å². The molecule has 0 aromatic heterocycles. The number of hydrogen-bond donors (Lipinski definition) is 0. The lowest BCUT2D eigenvalue weighted by Crippen LogP contribution is -2.46. The Balaban J connectivity index is 1.58. The number of carbonyl (C=O) groups is 2. The van der Waals surface area contributed by atoms with Crippen LogP contribution in [0.3, 0.4) is 0 Å². The average Bonchev–Trinajstić information content (AvgIpc) is 2.68. The molecule has 0 spiro atoms. The molecule has 1 heterocycles. The number of piperidine rings is 1. The van der Waals surface area contributed by atoms with E-state index in [9.17, 15) is 14.0 Å². The van der Waals surface area contributed by atoms with E-state index in [0.717, 1.165) is 11.1 Å². The van der Waals surface area contributed by atoms with Gasteiger partial charge in [0.1, 0.15) is 5.82 Å². The summed E-state index contributed by atoms with van der Waals surface area (Å²) in [7, 11) is 1.76. The lowest BCUT2D eigenvalue weighted by Gasteiger charge is -2.34. The molecule has 0 N–H and O–H groups in total. The van der Waals surface area contributed by atoms with Gasteiger partial charge in [0, 0.05) is 38.1 Å². The van der Waals surface area contributed by atoms with E-state index >= 15 is 0 Å². The highest BCUT2D eigenvalue weighted by Gasteiger charge is 2.31. The average molecular weight is 403 g/mol. The van der Waals surface area contributed by atoms with Gasteiger partial charge in [0.15, 0.2) is 0 Å². The highest BCUT2D eigenvalue weighted by molar-refractivity contribution is 6.31. The van der Waals surface area contributed by atoms with Crippen LogP contribution in [0, 0.1) is 11.7 Å². The monoisotopic (exact) mass is 402 g/mol. The Labute approximate surface area is 169 Å². The number of likely N-dealkylation sites (tertiary alicyclic amines) is 1. The van der Waals surface area contributed by atoms with Crippen LogP contribution in [-0.2, 0) is 22.6 Å². The summed E-state index contributed by atoms with van der Waals surface area (Å²) < 4.78 is 13.3. The highest BCUT2D eigenvalue weighted by atomic mass is 35.5. The third-order valence-corrected chi connectivity index (χ3v) is 5.52. The zero-order valence-corrected chi connectivity index (χ0v) is 16.7. The molecule has 2 aromatic rings. The van der Waals surface area contributed by atoms with Gasteiger partial charge in [-0.25, -0.2) is 4.39 Å². The van der Waals surface area contributed by atoms with Gasteiger partial charge in [0.25, 0.3) is 0 Å². The molecule has 0 unspecified atom stereocenters. The van der Waals surface area contributed by atoms with Crippen molar-refractivity contribution in [1.29, 1.82) is 0 Å². The largest absolute Gasteiger partial charge is 0.342 e. The van der Waals surface area contributed by atoms with Gasteiger partial charge in [0.05, 0.1) is 5.92 Å². The molecular weight excluding hydrogens is 379 g/mol. The number of amides is 2. The van der Waals surface area contributed by atoms with E-state index in [1.54, 1.807) is 22.9 Å². The normalized spacial score (nSPS) is 16.9. The van der Waals surface area contributed by atoms with Gasteiger partial charge in [-0.05, 0) is 42.2 Å². The number of benzene rings is 2. The Morgan fingerprint density at radius 1 is 1.25 bits per heavy atom.